The Hall–Kier alpha value is 0.379. The van der Waals surface area contributed by atoms with E-state index in [9.17, 15) is 0 Å². The molecular formula is C9H12BN2Y-. The van der Waals surface area contributed by atoms with Gasteiger partial charge < -0.3 is 16.0 Å². The van der Waals surface area contributed by atoms with Gasteiger partial charge in [0, 0.05) is 39.3 Å². The molecule has 1 atom stereocenters. The SMILES string of the molecule is [B]C1(C)[C-]=C2CCCN2C(C)=N1.[Y]. The zero-order valence-corrected chi connectivity index (χ0v) is 11.0. The van der Waals surface area contributed by atoms with Crippen LogP contribution in [0.5, 0.6) is 0 Å². The summed E-state index contributed by atoms with van der Waals surface area (Å²) in [5.74, 6) is 1.03. The number of nitrogens with zero attached hydrogens (tertiary/aromatic N) is 2. The summed E-state index contributed by atoms with van der Waals surface area (Å²) in [6.07, 6.45) is 5.51. The largest absolute Gasteiger partial charge is 0.456 e. The average molecular weight is 248 g/mol. The fraction of sp³-hybridized carbons (Fsp3) is 0.667. The number of hydrogen-bond acceptors (Lipinski definition) is 2. The third kappa shape index (κ3) is 2.24. The second kappa shape index (κ2) is 3.86. The van der Waals surface area contributed by atoms with Crippen LogP contribution in [0.15, 0.2) is 10.7 Å². The summed E-state index contributed by atoms with van der Waals surface area (Å²) >= 11 is 0. The minimum Gasteiger partial charge on any atom is -0.456 e. The summed E-state index contributed by atoms with van der Waals surface area (Å²) < 4.78 is 0. The fourth-order valence-electron chi connectivity index (χ4n) is 1.88. The van der Waals surface area contributed by atoms with Crippen molar-refractivity contribution in [2.24, 2.45) is 4.99 Å². The topological polar surface area (TPSA) is 15.6 Å². The molecule has 0 aromatic heterocycles. The predicted octanol–water partition coefficient (Wildman–Crippen LogP) is 1.08. The molecule has 0 bridgehead atoms. The summed E-state index contributed by atoms with van der Waals surface area (Å²) in [7, 11) is 5.88. The monoisotopic (exact) mass is 248 g/mol. The van der Waals surface area contributed by atoms with Gasteiger partial charge in [-0.3, -0.25) is 0 Å². The van der Waals surface area contributed by atoms with Crippen molar-refractivity contribution in [2.75, 3.05) is 6.54 Å². The third-order valence-corrected chi connectivity index (χ3v) is 2.30. The van der Waals surface area contributed by atoms with Crippen molar-refractivity contribution in [2.45, 2.75) is 32.1 Å². The molecular weight excluding hydrogens is 236 g/mol. The van der Waals surface area contributed by atoms with Crippen molar-refractivity contribution >= 4 is 13.7 Å². The molecule has 0 amide bonds. The first-order valence-electron chi connectivity index (χ1n) is 4.35. The quantitative estimate of drug-likeness (QED) is 0.462. The molecule has 2 aliphatic heterocycles. The summed E-state index contributed by atoms with van der Waals surface area (Å²) in [5, 5.41) is 0. The van der Waals surface area contributed by atoms with Crippen LogP contribution in [0.1, 0.15) is 26.7 Å². The van der Waals surface area contributed by atoms with Crippen molar-refractivity contribution in [3.05, 3.63) is 11.8 Å². The Balaban J connectivity index is 0.000000845. The van der Waals surface area contributed by atoms with Gasteiger partial charge in [0.25, 0.3) is 0 Å². The van der Waals surface area contributed by atoms with E-state index in [0.717, 1.165) is 18.8 Å². The minimum absolute atomic E-state index is 0. The van der Waals surface area contributed by atoms with E-state index in [4.69, 9.17) is 7.85 Å². The van der Waals surface area contributed by atoms with Crippen LogP contribution in [0.3, 0.4) is 0 Å². The van der Waals surface area contributed by atoms with E-state index in [-0.39, 0.29) is 32.7 Å². The van der Waals surface area contributed by atoms with Gasteiger partial charge in [0.1, 0.15) is 0 Å². The first-order valence-corrected chi connectivity index (χ1v) is 4.35. The van der Waals surface area contributed by atoms with Crippen LogP contribution >= 0.6 is 0 Å². The Kier molecular flexibility index (Phi) is 3.40. The van der Waals surface area contributed by atoms with Crippen LogP contribution in [-0.2, 0) is 32.7 Å². The summed E-state index contributed by atoms with van der Waals surface area (Å²) in [6.45, 7) is 4.98. The van der Waals surface area contributed by atoms with Crippen molar-refractivity contribution in [3.8, 4) is 0 Å². The van der Waals surface area contributed by atoms with Crippen molar-refractivity contribution < 1.29 is 32.7 Å². The number of hydrogen-bond donors (Lipinski definition) is 0. The van der Waals surface area contributed by atoms with Crippen LogP contribution < -0.4 is 0 Å². The van der Waals surface area contributed by atoms with Crippen LogP contribution in [0.25, 0.3) is 0 Å². The Morgan fingerprint density at radius 1 is 1.62 bits per heavy atom. The first-order chi connectivity index (χ1) is 5.58. The molecule has 4 heteroatoms. The summed E-state index contributed by atoms with van der Waals surface area (Å²) in [6, 6.07) is 0. The van der Waals surface area contributed by atoms with Crippen LogP contribution in [0.4, 0.5) is 0 Å². The zero-order valence-electron chi connectivity index (χ0n) is 8.17. The molecule has 3 radical (unpaired) electrons. The molecule has 0 spiro atoms. The Bertz CT molecular complexity index is 271. The minimum atomic E-state index is -0.597. The van der Waals surface area contributed by atoms with Crippen LogP contribution in [0.2, 0.25) is 0 Å². The van der Waals surface area contributed by atoms with Crippen molar-refractivity contribution in [1.82, 2.24) is 4.90 Å². The van der Waals surface area contributed by atoms with E-state index in [1.54, 1.807) is 0 Å². The molecule has 1 fully saturated rings. The average Bonchev–Trinajstić information content (AvgIpc) is 2.31. The van der Waals surface area contributed by atoms with E-state index in [1.165, 1.54) is 12.1 Å². The van der Waals surface area contributed by atoms with E-state index >= 15 is 0 Å². The molecule has 65 valence electrons. The molecule has 0 saturated carbocycles. The number of aliphatic imine (C=N–C) groups is 1. The first kappa shape index (κ1) is 11.5. The van der Waals surface area contributed by atoms with E-state index in [2.05, 4.69) is 16.0 Å². The molecule has 2 heterocycles. The van der Waals surface area contributed by atoms with Crippen LogP contribution in [0, 0.1) is 6.08 Å². The number of fused-ring (bicyclic) bond motifs is 1. The molecule has 13 heavy (non-hydrogen) atoms. The van der Waals surface area contributed by atoms with Gasteiger partial charge in [-0.1, -0.05) is 6.92 Å². The predicted molar refractivity (Wildman–Crippen MR) is 50.0 cm³/mol. The van der Waals surface area contributed by atoms with Gasteiger partial charge in [-0.2, -0.15) is 5.70 Å². The number of allylic oxidation sites excluding steroid dienone is 1. The second-order valence-electron chi connectivity index (χ2n) is 3.63. The van der Waals surface area contributed by atoms with Gasteiger partial charge in [-0.25, -0.2) is 0 Å². The van der Waals surface area contributed by atoms with Crippen molar-refractivity contribution in [1.29, 1.82) is 0 Å². The Morgan fingerprint density at radius 3 is 3.00 bits per heavy atom. The van der Waals surface area contributed by atoms with E-state index < -0.39 is 5.44 Å². The molecule has 0 aromatic carbocycles. The molecule has 2 nitrogen and oxygen atoms in total. The Morgan fingerprint density at radius 2 is 2.31 bits per heavy atom. The van der Waals surface area contributed by atoms with Gasteiger partial charge in [0.2, 0.25) is 0 Å². The third-order valence-electron chi connectivity index (χ3n) is 2.30. The fourth-order valence-corrected chi connectivity index (χ4v) is 1.88. The van der Waals surface area contributed by atoms with E-state index in [1.807, 2.05) is 13.8 Å². The maximum Gasteiger partial charge on any atom is 0.0944 e. The smallest absolute Gasteiger partial charge is 0.0944 e. The summed E-state index contributed by atoms with van der Waals surface area (Å²) in [4.78, 5) is 6.55. The molecule has 0 aromatic rings. The zero-order chi connectivity index (χ0) is 8.77. The maximum absolute atomic E-state index is 5.88. The normalized spacial score (nSPS) is 31.7. The van der Waals surface area contributed by atoms with Gasteiger partial charge in [0.15, 0.2) is 0 Å². The maximum atomic E-state index is 5.88. The summed E-state index contributed by atoms with van der Waals surface area (Å²) in [5.41, 5.74) is 0.632. The molecule has 0 aliphatic carbocycles. The van der Waals surface area contributed by atoms with Gasteiger partial charge in [-0.15, -0.1) is 5.44 Å². The molecule has 1 saturated heterocycles. The number of amidine groups is 1. The molecule has 1 unspecified atom stereocenters. The van der Waals surface area contributed by atoms with Crippen molar-refractivity contribution in [3.63, 3.8) is 0 Å². The molecule has 2 aliphatic rings. The molecule has 2 rings (SSSR count). The Labute approximate surface area is 106 Å². The van der Waals surface area contributed by atoms with Gasteiger partial charge in [-0.05, 0) is 19.8 Å². The molecule has 0 N–H and O–H groups in total. The van der Waals surface area contributed by atoms with E-state index in [0.29, 0.717) is 0 Å². The number of rotatable bonds is 0. The van der Waals surface area contributed by atoms with Crippen LogP contribution in [-0.4, -0.2) is 30.6 Å². The van der Waals surface area contributed by atoms with Gasteiger partial charge in [0.05, 0.1) is 13.7 Å². The standard InChI is InChI=1S/C9H12BN2.Y/c1-7-11-9(2,10)6-8-4-3-5-12(7)8;/h3-5H2,1-2H3;/q-1;. The van der Waals surface area contributed by atoms with Gasteiger partial charge >= 0.3 is 0 Å². The second-order valence-corrected chi connectivity index (χ2v) is 3.63.